The summed E-state index contributed by atoms with van der Waals surface area (Å²) in [4.78, 5) is 4.20. The van der Waals surface area contributed by atoms with E-state index in [0.29, 0.717) is 10.1 Å². The summed E-state index contributed by atoms with van der Waals surface area (Å²) in [5.41, 5.74) is 4.15. The van der Waals surface area contributed by atoms with Gasteiger partial charge in [-0.2, -0.15) is 18.3 Å². The van der Waals surface area contributed by atoms with Gasteiger partial charge in [0.2, 0.25) is 0 Å². The second-order valence-corrected chi connectivity index (χ2v) is 4.20. The number of hydrogen-bond acceptors (Lipinski definition) is 4. The maximum Gasteiger partial charge on any atom is 0.418 e. The molecule has 0 fully saturated rings. The molecule has 4 nitrogen and oxygen atoms in total. The first-order chi connectivity index (χ1) is 7.97. The van der Waals surface area contributed by atoms with Crippen LogP contribution in [0.1, 0.15) is 5.56 Å². The van der Waals surface area contributed by atoms with Gasteiger partial charge in [-0.15, -0.1) is 0 Å². The predicted octanol–water partition coefficient (Wildman–Crippen LogP) is 2.56. The third-order valence-corrected chi connectivity index (χ3v) is 2.82. The maximum absolute atomic E-state index is 12.6. The summed E-state index contributed by atoms with van der Waals surface area (Å²) in [6.45, 7) is 0. The van der Waals surface area contributed by atoms with E-state index in [4.69, 9.17) is 5.73 Å². The van der Waals surface area contributed by atoms with Gasteiger partial charge in [0.05, 0.1) is 5.56 Å². The first kappa shape index (κ1) is 11.8. The first-order valence-electron chi connectivity index (χ1n) is 4.47. The molecule has 1 aromatic carbocycles. The van der Waals surface area contributed by atoms with E-state index in [1.165, 1.54) is 18.5 Å². The van der Waals surface area contributed by atoms with Gasteiger partial charge in [0.1, 0.15) is 6.33 Å². The molecule has 0 aliphatic carbocycles. The van der Waals surface area contributed by atoms with E-state index in [1.807, 2.05) is 0 Å². The van der Waals surface area contributed by atoms with Crippen LogP contribution in [0, 0.1) is 0 Å². The lowest BCUT2D eigenvalue weighted by atomic mass is 10.2. The van der Waals surface area contributed by atoms with Crippen molar-refractivity contribution in [1.29, 1.82) is 0 Å². The molecule has 2 aromatic rings. The summed E-state index contributed by atoms with van der Waals surface area (Å²) in [7, 11) is 0. The fourth-order valence-corrected chi connectivity index (χ4v) is 1.93. The third-order valence-electron chi connectivity index (χ3n) is 1.94. The highest BCUT2D eigenvalue weighted by Gasteiger charge is 2.33. The highest BCUT2D eigenvalue weighted by Crippen LogP contribution is 2.36. The molecule has 0 radical (unpaired) electrons. The minimum absolute atomic E-state index is 0.292. The number of aromatic amines is 1. The molecule has 17 heavy (non-hydrogen) atoms. The van der Waals surface area contributed by atoms with E-state index < -0.39 is 11.7 Å². The van der Waals surface area contributed by atoms with E-state index in [-0.39, 0.29) is 5.69 Å². The summed E-state index contributed by atoms with van der Waals surface area (Å²) in [5, 5.41) is 6.57. The van der Waals surface area contributed by atoms with Crippen LogP contribution in [0.2, 0.25) is 0 Å². The fraction of sp³-hybridized carbons (Fsp3) is 0.111. The average molecular weight is 260 g/mol. The first-order valence-corrected chi connectivity index (χ1v) is 5.28. The van der Waals surface area contributed by atoms with E-state index in [2.05, 4.69) is 15.2 Å². The molecule has 90 valence electrons. The molecule has 0 unspecified atom stereocenters. The lowest BCUT2D eigenvalue weighted by Gasteiger charge is -2.10. The highest BCUT2D eigenvalue weighted by molar-refractivity contribution is 7.99. The van der Waals surface area contributed by atoms with Crippen LogP contribution in [0.3, 0.4) is 0 Å². The average Bonchev–Trinajstić information content (AvgIpc) is 2.72. The Morgan fingerprint density at radius 1 is 1.29 bits per heavy atom. The fourth-order valence-electron chi connectivity index (χ4n) is 1.20. The maximum atomic E-state index is 12.6. The van der Waals surface area contributed by atoms with Crippen LogP contribution >= 0.6 is 11.8 Å². The summed E-state index contributed by atoms with van der Waals surface area (Å²) in [6.07, 6.45) is -3.17. The van der Waals surface area contributed by atoms with Gasteiger partial charge in [-0.05, 0) is 18.2 Å². The van der Waals surface area contributed by atoms with Gasteiger partial charge in [0, 0.05) is 10.6 Å². The number of rotatable bonds is 2. The Morgan fingerprint density at radius 2 is 2.06 bits per heavy atom. The van der Waals surface area contributed by atoms with Crippen molar-refractivity contribution in [3.63, 3.8) is 0 Å². The molecule has 0 aliphatic heterocycles. The minimum atomic E-state index is -4.46. The molecule has 0 saturated carbocycles. The molecule has 0 atom stereocenters. The summed E-state index contributed by atoms with van der Waals surface area (Å²) in [6, 6.07) is 3.71. The van der Waals surface area contributed by atoms with E-state index in [1.54, 1.807) is 0 Å². The Kier molecular flexibility index (Phi) is 2.97. The second kappa shape index (κ2) is 4.28. The molecule has 0 aliphatic rings. The Balaban J connectivity index is 2.31. The number of nitrogen functional groups attached to an aromatic ring is 1. The number of nitrogens with zero attached hydrogens (tertiary/aromatic N) is 2. The monoisotopic (exact) mass is 260 g/mol. The molecular formula is C9H7F3N4S. The number of halogens is 3. The van der Waals surface area contributed by atoms with Gasteiger partial charge in [0.15, 0.2) is 5.16 Å². The zero-order chi connectivity index (χ0) is 12.5. The van der Waals surface area contributed by atoms with E-state index in [9.17, 15) is 13.2 Å². The number of hydrogen-bond donors (Lipinski definition) is 2. The van der Waals surface area contributed by atoms with Crippen LogP contribution in [0.15, 0.2) is 34.6 Å². The van der Waals surface area contributed by atoms with Crippen molar-refractivity contribution in [1.82, 2.24) is 15.2 Å². The minimum Gasteiger partial charge on any atom is -0.398 e. The van der Waals surface area contributed by atoms with Crippen LogP contribution in [0.5, 0.6) is 0 Å². The van der Waals surface area contributed by atoms with Crippen LogP contribution in [-0.2, 0) is 6.18 Å². The van der Waals surface area contributed by atoms with Crippen molar-refractivity contribution in [2.75, 3.05) is 5.73 Å². The standard InChI is InChI=1S/C9H7F3N4S/c10-9(11,12)6-3-5(1-2-7(6)13)17-8-14-4-15-16-8/h1-4H,13H2,(H,14,15,16). The number of nitrogens with one attached hydrogen (secondary N) is 1. The molecule has 3 N–H and O–H groups in total. The zero-order valence-electron chi connectivity index (χ0n) is 8.32. The Morgan fingerprint density at radius 3 is 2.65 bits per heavy atom. The highest BCUT2D eigenvalue weighted by atomic mass is 32.2. The molecule has 8 heteroatoms. The molecule has 1 aromatic heterocycles. The Labute approximate surface area is 98.4 Å². The quantitative estimate of drug-likeness (QED) is 0.814. The van der Waals surface area contributed by atoms with Gasteiger partial charge in [-0.25, -0.2) is 4.98 Å². The number of benzene rings is 1. The number of alkyl halides is 3. The summed E-state index contributed by atoms with van der Waals surface area (Å²) in [5.74, 6) is 0. The lowest BCUT2D eigenvalue weighted by molar-refractivity contribution is -0.137. The van der Waals surface area contributed by atoms with E-state index >= 15 is 0 Å². The van der Waals surface area contributed by atoms with Gasteiger partial charge in [0.25, 0.3) is 0 Å². The molecular weight excluding hydrogens is 253 g/mol. The van der Waals surface area contributed by atoms with Gasteiger partial charge in [-0.1, -0.05) is 11.8 Å². The zero-order valence-corrected chi connectivity index (χ0v) is 9.14. The van der Waals surface area contributed by atoms with Gasteiger partial charge < -0.3 is 5.73 Å². The van der Waals surface area contributed by atoms with Crippen molar-refractivity contribution in [3.05, 3.63) is 30.1 Å². The van der Waals surface area contributed by atoms with Crippen LogP contribution in [-0.4, -0.2) is 15.2 Å². The number of anilines is 1. The van der Waals surface area contributed by atoms with Crippen molar-refractivity contribution in [2.45, 2.75) is 16.2 Å². The molecule has 2 rings (SSSR count). The Hall–Kier alpha value is -1.70. The summed E-state index contributed by atoms with van der Waals surface area (Å²) >= 11 is 1.05. The largest absolute Gasteiger partial charge is 0.418 e. The van der Waals surface area contributed by atoms with Crippen LogP contribution < -0.4 is 5.73 Å². The van der Waals surface area contributed by atoms with Crippen LogP contribution in [0.4, 0.5) is 18.9 Å². The van der Waals surface area contributed by atoms with Gasteiger partial charge >= 0.3 is 6.18 Å². The van der Waals surface area contributed by atoms with Gasteiger partial charge in [-0.3, -0.25) is 5.10 Å². The molecule has 0 spiro atoms. The van der Waals surface area contributed by atoms with Crippen molar-refractivity contribution in [2.24, 2.45) is 0 Å². The number of nitrogens with two attached hydrogens (primary N) is 1. The van der Waals surface area contributed by atoms with Crippen molar-refractivity contribution < 1.29 is 13.2 Å². The molecule has 0 bridgehead atoms. The Bertz CT molecular complexity index is 509. The SMILES string of the molecule is Nc1ccc(Sc2ncn[nH]2)cc1C(F)(F)F. The lowest BCUT2D eigenvalue weighted by Crippen LogP contribution is -2.08. The van der Waals surface area contributed by atoms with Crippen molar-refractivity contribution in [3.8, 4) is 0 Å². The number of aromatic nitrogens is 3. The molecule has 1 heterocycles. The van der Waals surface area contributed by atoms with E-state index in [0.717, 1.165) is 17.8 Å². The second-order valence-electron chi connectivity index (χ2n) is 3.14. The predicted molar refractivity (Wildman–Crippen MR) is 56.4 cm³/mol. The normalized spacial score (nSPS) is 11.7. The molecule has 0 saturated heterocycles. The third kappa shape index (κ3) is 2.70. The van der Waals surface area contributed by atoms with Crippen molar-refractivity contribution >= 4 is 17.4 Å². The smallest absolute Gasteiger partial charge is 0.398 e. The summed E-state index contributed by atoms with van der Waals surface area (Å²) < 4.78 is 37.7. The molecule has 0 amide bonds. The number of H-pyrrole nitrogens is 1. The van der Waals surface area contributed by atoms with Crippen LogP contribution in [0.25, 0.3) is 0 Å². The topological polar surface area (TPSA) is 67.6 Å².